The predicted octanol–water partition coefficient (Wildman–Crippen LogP) is 2.58. The van der Waals surface area contributed by atoms with Crippen LogP contribution in [0.25, 0.3) is 0 Å². The maximum absolute atomic E-state index is 12.7. The highest BCUT2D eigenvalue weighted by Crippen LogP contribution is 2.28. The SMILES string of the molecule is Cc1cc(Br)cc(C(=O)N2CCCC3CNCC32)c1. The number of rotatable bonds is 1. The Morgan fingerprint density at radius 2 is 2.21 bits per heavy atom. The fourth-order valence-corrected chi connectivity index (χ4v) is 3.95. The van der Waals surface area contributed by atoms with Crippen LogP contribution >= 0.6 is 15.9 Å². The number of carbonyl (C=O) groups is 1. The molecule has 0 radical (unpaired) electrons. The van der Waals surface area contributed by atoms with Crippen molar-refractivity contribution in [2.24, 2.45) is 5.92 Å². The van der Waals surface area contributed by atoms with Crippen molar-refractivity contribution in [2.45, 2.75) is 25.8 Å². The van der Waals surface area contributed by atoms with Gasteiger partial charge in [0, 0.05) is 35.7 Å². The van der Waals surface area contributed by atoms with Crippen LogP contribution in [-0.2, 0) is 0 Å². The summed E-state index contributed by atoms with van der Waals surface area (Å²) in [6.07, 6.45) is 2.38. The molecule has 1 amide bonds. The molecule has 3 nitrogen and oxygen atoms in total. The Balaban J connectivity index is 1.86. The summed E-state index contributed by atoms with van der Waals surface area (Å²) in [4.78, 5) is 14.8. The monoisotopic (exact) mass is 322 g/mol. The molecule has 3 rings (SSSR count). The van der Waals surface area contributed by atoms with Crippen LogP contribution in [0, 0.1) is 12.8 Å². The lowest BCUT2D eigenvalue weighted by molar-refractivity contribution is 0.0574. The number of piperidine rings is 1. The number of amides is 1. The molecule has 0 spiro atoms. The molecule has 2 saturated heterocycles. The molecule has 2 unspecified atom stereocenters. The second-order valence-corrected chi connectivity index (χ2v) is 6.56. The normalized spacial score (nSPS) is 26.3. The van der Waals surface area contributed by atoms with Crippen molar-refractivity contribution in [3.63, 3.8) is 0 Å². The topological polar surface area (TPSA) is 32.3 Å². The van der Waals surface area contributed by atoms with E-state index >= 15 is 0 Å². The molecule has 1 N–H and O–H groups in total. The fraction of sp³-hybridized carbons (Fsp3) is 0.533. The molecule has 19 heavy (non-hydrogen) atoms. The Morgan fingerprint density at radius 3 is 3.00 bits per heavy atom. The fourth-order valence-electron chi connectivity index (χ4n) is 3.35. The van der Waals surface area contributed by atoms with Gasteiger partial charge in [-0.3, -0.25) is 4.79 Å². The van der Waals surface area contributed by atoms with Crippen molar-refractivity contribution in [3.8, 4) is 0 Å². The minimum atomic E-state index is 0.183. The molecule has 0 saturated carbocycles. The van der Waals surface area contributed by atoms with E-state index in [1.54, 1.807) is 0 Å². The number of carbonyl (C=O) groups excluding carboxylic acids is 1. The number of hydrogen-bond acceptors (Lipinski definition) is 2. The quantitative estimate of drug-likeness (QED) is 0.862. The average molecular weight is 323 g/mol. The molecule has 2 aliphatic heterocycles. The van der Waals surface area contributed by atoms with Crippen LogP contribution in [0.1, 0.15) is 28.8 Å². The lowest BCUT2D eigenvalue weighted by atomic mass is 9.91. The standard InChI is InChI=1S/C15H19BrN2O/c1-10-5-12(7-13(16)6-10)15(19)18-4-2-3-11-8-17-9-14(11)18/h5-7,11,14,17H,2-4,8-9H2,1H3. The van der Waals surface area contributed by atoms with Crippen molar-refractivity contribution < 1.29 is 4.79 Å². The van der Waals surface area contributed by atoms with Gasteiger partial charge in [-0.2, -0.15) is 0 Å². The molecule has 2 aliphatic rings. The Morgan fingerprint density at radius 1 is 1.37 bits per heavy atom. The maximum Gasteiger partial charge on any atom is 0.254 e. The molecule has 102 valence electrons. The zero-order valence-corrected chi connectivity index (χ0v) is 12.7. The minimum absolute atomic E-state index is 0.183. The first kappa shape index (κ1) is 13.1. The molecule has 2 fully saturated rings. The summed E-state index contributed by atoms with van der Waals surface area (Å²) in [5.41, 5.74) is 1.93. The third kappa shape index (κ3) is 2.56. The molecule has 0 aliphatic carbocycles. The molecule has 0 bridgehead atoms. The molecule has 0 aromatic heterocycles. The lowest BCUT2D eigenvalue weighted by Gasteiger charge is -2.37. The number of benzene rings is 1. The van der Waals surface area contributed by atoms with Crippen LogP contribution in [0.2, 0.25) is 0 Å². The second-order valence-electron chi connectivity index (χ2n) is 5.64. The molecule has 2 atom stereocenters. The van der Waals surface area contributed by atoms with E-state index in [-0.39, 0.29) is 5.91 Å². The van der Waals surface area contributed by atoms with Crippen LogP contribution in [0.3, 0.4) is 0 Å². The number of hydrogen-bond donors (Lipinski definition) is 1. The van der Waals surface area contributed by atoms with Gasteiger partial charge < -0.3 is 10.2 Å². The van der Waals surface area contributed by atoms with Gasteiger partial charge in [-0.15, -0.1) is 0 Å². The molecular formula is C15H19BrN2O. The van der Waals surface area contributed by atoms with Crippen LogP contribution < -0.4 is 5.32 Å². The summed E-state index contributed by atoms with van der Waals surface area (Å²) < 4.78 is 0.981. The van der Waals surface area contributed by atoms with E-state index in [1.807, 2.05) is 25.1 Å². The smallest absolute Gasteiger partial charge is 0.254 e. The van der Waals surface area contributed by atoms with Crippen molar-refractivity contribution in [2.75, 3.05) is 19.6 Å². The average Bonchev–Trinajstić information content (AvgIpc) is 2.84. The van der Waals surface area contributed by atoms with E-state index in [4.69, 9.17) is 0 Å². The first-order valence-electron chi connectivity index (χ1n) is 6.94. The van der Waals surface area contributed by atoms with Gasteiger partial charge in [0.2, 0.25) is 0 Å². The molecule has 2 heterocycles. The largest absolute Gasteiger partial charge is 0.334 e. The Hall–Kier alpha value is -0.870. The Bertz CT molecular complexity index is 483. The van der Waals surface area contributed by atoms with Crippen LogP contribution in [-0.4, -0.2) is 36.5 Å². The first-order chi connectivity index (χ1) is 9.15. The van der Waals surface area contributed by atoms with E-state index in [2.05, 4.69) is 26.1 Å². The van der Waals surface area contributed by atoms with Crippen molar-refractivity contribution in [1.29, 1.82) is 0 Å². The summed E-state index contributed by atoms with van der Waals surface area (Å²) in [5, 5.41) is 3.42. The predicted molar refractivity (Wildman–Crippen MR) is 79.3 cm³/mol. The third-order valence-electron chi connectivity index (χ3n) is 4.23. The summed E-state index contributed by atoms with van der Waals surface area (Å²) >= 11 is 3.48. The van der Waals surface area contributed by atoms with Crippen molar-refractivity contribution in [1.82, 2.24) is 10.2 Å². The first-order valence-corrected chi connectivity index (χ1v) is 7.73. The molecular weight excluding hydrogens is 304 g/mol. The van der Waals surface area contributed by atoms with Gasteiger partial charge >= 0.3 is 0 Å². The second kappa shape index (κ2) is 5.25. The van der Waals surface area contributed by atoms with Crippen molar-refractivity contribution in [3.05, 3.63) is 33.8 Å². The Labute approximate surface area is 122 Å². The number of likely N-dealkylation sites (tertiary alicyclic amines) is 1. The van der Waals surface area contributed by atoms with E-state index in [0.717, 1.165) is 41.7 Å². The van der Waals surface area contributed by atoms with Gasteiger partial charge in [0.1, 0.15) is 0 Å². The van der Waals surface area contributed by atoms with Gasteiger partial charge in [-0.1, -0.05) is 15.9 Å². The highest BCUT2D eigenvalue weighted by Gasteiger charge is 2.37. The van der Waals surface area contributed by atoms with E-state index in [1.165, 1.54) is 6.42 Å². The molecule has 4 heteroatoms. The number of fused-ring (bicyclic) bond motifs is 1. The van der Waals surface area contributed by atoms with Crippen molar-refractivity contribution >= 4 is 21.8 Å². The molecule has 1 aromatic rings. The number of aryl methyl sites for hydroxylation is 1. The summed E-state index contributed by atoms with van der Waals surface area (Å²) in [6, 6.07) is 6.34. The van der Waals surface area contributed by atoms with Gasteiger partial charge in [0.15, 0.2) is 0 Å². The van der Waals surface area contributed by atoms with Gasteiger partial charge in [0.25, 0.3) is 5.91 Å². The van der Waals surface area contributed by atoms with Crippen LogP contribution in [0.5, 0.6) is 0 Å². The number of nitrogens with one attached hydrogen (secondary N) is 1. The Kier molecular flexibility index (Phi) is 3.63. The van der Waals surface area contributed by atoms with Crippen LogP contribution in [0.15, 0.2) is 22.7 Å². The highest BCUT2D eigenvalue weighted by atomic mass is 79.9. The van der Waals surface area contributed by atoms with Gasteiger partial charge in [-0.05, 0) is 49.4 Å². The minimum Gasteiger partial charge on any atom is -0.334 e. The lowest BCUT2D eigenvalue weighted by Crippen LogP contribution is -2.48. The van der Waals surface area contributed by atoms with Gasteiger partial charge in [0.05, 0.1) is 0 Å². The van der Waals surface area contributed by atoms with E-state index in [0.29, 0.717) is 12.0 Å². The highest BCUT2D eigenvalue weighted by molar-refractivity contribution is 9.10. The van der Waals surface area contributed by atoms with Gasteiger partial charge in [-0.25, -0.2) is 0 Å². The number of halogens is 1. The third-order valence-corrected chi connectivity index (χ3v) is 4.69. The summed E-state index contributed by atoms with van der Waals surface area (Å²) in [6.45, 7) is 4.93. The van der Waals surface area contributed by atoms with E-state index in [9.17, 15) is 4.79 Å². The van der Waals surface area contributed by atoms with Crippen LogP contribution in [0.4, 0.5) is 0 Å². The zero-order valence-electron chi connectivity index (χ0n) is 11.2. The summed E-state index contributed by atoms with van der Waals surface area (Å²) in [7, 11) is 0. The maximum atomic E-state index is 12.7. The zero-order chi connectivity index (χ0) is 13.4. The molecule has 1 aromatic carbocycles. The van der Waals surface area contributed by atoms with E-state index < -0.39 is 0 Å². The summed E-state index contributed by atoms with van der Waals surface area (Å²) in [5.74, 6) is 0.828. The number of nitrogens with zero attached hydrogens (tertiary/aromatic N) is 1.